The Morgan fingerprint density at radius 2 is 2.00 bits per heavy atom. The molecule has 0 radical (unpaired) electrons. The summed E-state index contributed by atoms with van der Waals surface area (Å²) in [6.45, 7) is 5.17. The van der Waals surface area contributed by atoms with Crippen LogP contribution in [0.25, 0.3) is 0 Å². The van der Waals surface area contributed by atoms with Gasteiger partial charge >= 0.3 is 0 Å². The van der Waals surface area contributed by atoms with Crippen LogP contribution in [-0.4, -0.2) is 51.9 Å². The van der Waals surface area contributed by atoms with Crippen LogP contribution in [0, 0.1) is 18.8 Å². The van der Waals surface area contributed by atoms with E-state index in [1.807, 2.05) is 18.0 Å². The first-order valence-corrected chi connectivity index (χ1v) is 8.12. The van der Waals surface area contributed by atoms with E-state index >= 15 is 0 Å². The van der Waals surface area contributed by atoms with Gasteiger partial charge in [0.1, 0.15) is 17.7 Å². The van der Waals surface area contributed by atoms with Gasteiger partial charge in [0.2, 0.25) is 0 Å². The van der Waals surface area contributed by atoms with Crippen molar-refractivity contribution in [3.05, 3.63) is 52.3 Å². The molecule has 0 spiro atoms. The largest absolute Gasteiger partial charge is 0.356 e. The van der Waals surface area contributed by atoms with E-state index in [1.54, 1.807) is 24.7 Å². The summed E-state index contributed by atoms with van der Waals surface area (Å²) in [7, 11) is 0. The fourth-order valence-corrected chi connectivity index (χ4v) is 3.82. The highest BCUT2D eigenvalue weighted by molar-refractivity contribution is 5.94. The Morgan fingerprint density at radius 3 is 2.67 bits per heavy atom. The van der Waals surface area contributed by atoms with E-state index in [4.69, 9.17) is 0 Å². The van der Waals surface area contributed by atoms with Gasteiger partial charge in [-0.3, -0.25) is 9.59 Å². The number of amides is 1. The molecule has 0 aromatic carbocycles. The number of aromatic amines is 1. The number of nitrogens with zero attached hydrogens (tertiary/aromatic N) is 4. The average Bonchev–Trinajstić information content (AvgIpc) is 3.14. The minimum atomic E-state index is -0.321. The van der Waals surface area contributed by atoms with Crippen molar-refractivity contribution in [2.24, 2.45) is 11.8 Å². The smallest absolute Gasteiger partial charge is 0.260 e. The zero-order chi connectivity index (χ0) is 16.7. The first kappa shape index (κ1) is 14.9. The maximum absolute atomic E-state index is 12.6. The van der Waals surface area contributed by atoms with Gasteiger partial charge in [-0.2, -0.15) is 0 Å². The van der Waals surface area contributed by atoms with Crippen molar-refractivity contribution in [3.8, 4) is 0 Å². The number of hydrogen-bond acceptors (Lipinski definition) is 5. The summed E-state index contributed by atoms with van der Waals surface area (Å²) in [6.07, 6.45) is 4.95. The van der Waals surface area contributed by atoms with E-state index in [0.29, 0.717) is 24.9 Å². The van der Waals surface area contributed by atoms with Gasteiger partial charge < -0.3 is 14.8 Å². The molecule has 7 heteroatoms. The summed E-state index contributed by atoms with van der Waals surface area (Å²) >= 11 is 0. The fraction of sp³-hybridized carbons (Fsp3) is 0.412. The number of pyridine rings is 1. The minimum Gasteiger partial charge on any atom is -0.356 e. The molecule has 0 saturated carbocycles. The van der Waals surface area contributed by atoms with Crippen molar-refractivity contribution in [1.82, 2.24) is 19.9 Å². The van der Waals surface area contributed by atoms with Crippen LogP contribution >= 0.6 is 0 Å². The summed E-state index contributed by atoms with van der Waals surface area (Å²) in [5.74, 6) is 1.66. The number of carbonyl (C=O) groups excluding carboxylic acids is 1. The molecule has 4 heterocycles. The quantitative estimate of drug-likeness (QED) is 0.878. The van der Waals surface area contributed by atoms with Crippen molar-refractivity contribution < 1.29 is 4.79 Å². The van der Waals surface area contributed by atoms with Crippen molar-refractivity contribution in [3.63, 3.8) is 0 Å². The Labute approximate surface area is 139 Å². The summed E-state index contributed by atoms with van der Waals surface area (Å²) in [4.78, 5) is 39.5. The van der Waals surface area contributed by atoms with Crippen LogP contribution in [-0.2, 0) is 0 Å². The Morgan fingerprint density at radius 1 is 1.25 bits per heavy atom. The van der Waals surface area contributed by atoms with Gasteiger partial charge in [0.25, 0.3) is 11.5 Å². The van der Waals surface area contributed by atoms with Crippen LogP contribution in [0.15, 0.2) is 35.6 Å². The molecule has 4 rings (SSSR count). The van der Waals surface area contributed by atoms with Crippen molar-refractivity contribution in [2.45, 2.75) is 6.92 Å². The Balaban J connectivity index is 1.47. The number of hydrogen-bond donors (Lipinski definition) is 1. The number of H-pyrrole nitrogens is 1. The van der Waals surface area contributed by atoms with Crippen LogP contribution in [0.5, 0.6) is 0 Å². The van der Waals surface area contributed by atoms with Gasteiger partial charge in [-0.25, -0.2) is 9.97 Å². The maximum atomic E-state index is 12.6. The molecule has 2 aromatic rings. The maximum Gasteiger partial charge on any atom is 0.260 e. The lowest BCUT2D eigenvalue weighted by Crippen LogP contribution is -2.36. The van der Waals surface area contributed by atoms with E-state index in [1.165, 1.54) is 0 Å². The topological polar surface area (TPSA) is 82.2 Å². The number of aromatic nitrogens is 3. The fourth-order valence-electron chi connectivity index (χ4n) is 3.82. The first-order chi connectivity index (χ1) is 11.6. The van der Waals surface area contributed by atoms with E-state index in [-0.39, 0.29) is 17.0 Å². The van der Waals surface area contributed by atoms with Crippen molar-refractivity contribution in [2.75, 3.05) is 31.1 Å². The molecule has 2 aromatic heterocycles. The summed E-state index contributed by atoms with van der Waals surface area (Å²) in [5, 5.41) is 0. The molecular formula is C17H19N5O2. The average molecular weight is 325 g/mol. The molecule has 7 nitrogen and oxygen atoms in total. The number of rotatable bonds is 2. The van der Waals surface area contributed by atoms with Gasteiger partial charge in [-0.1, -0.05) is 0 Å². The molecule has 2 aliphatic heterocycles. The molecule has 24 heavy (non-hydrogen) atoms. The molecule has 2 aliphatic rings. The van der Waals surface area contributed by atoms with E-state index in [0.717, 1.165) is 24.5 Å². The van der Waals surface area contributed by atoms with Crippen molar-refractivity contribution in [1.29, 1.82) is 0 Å². The standard InChI is InChI=1S/C17H19N5O2/c1-11-5-18-10-20-15(11)21-6-12-8-22(9-13(12)7-21)17(24)14-3-2-4-19-16(14)23/h2-5,10,12-13H,6-9H2,1H3,(H,19,23). The molecular weight excluding hydrogens is 306 g/mol. The predicted octanol–water partition coefficient (Wildman–Crippen LogP) is 0.682. The lowest BCUT2D eigenvalue weighted by Gasteiger charge is -2.23. The molecule has 2 atom stereocenters. The van der Waals surface area contributed by atoms with E-state index in [9.17, 15) is 9.59 Å². The molecule has 1 N–H and O–H groups in total. The highest BCUT2D eigenvalue weighted by Crippen LogP contribution is 2.34. The Bertz CT molecular complexity index is 819. The second-order valence-corrected chi connectivity index (χ2v) is 6.58. The zero-order valence-corrected chi connectivity index (χ0v) is 13.5. The molecule has 2 saturated heterocycles. The monoisotopic (exact) mass is 325 g/mol. The SMILES string of the molecule is Cc1cncnc1N1CC2CN(C(=O)c3ccc[nH]c3=O)CC2C1. The number of likely N-dealkylation sites (tertiary alicyclic amines) is 1. The number of anilines is 1. The normalized spacial score (nSPS) is 22.7. The lowest BCUT2D eigenvalue weighted by molar-refractivity contribution is 0.0781. The van der Waals surface area contributed by atoms with Gasteiger partial charge in [0.15, 0.2) is 0 Å². The Hall–Kier alpha value is -2.70. The van der Waals surface area contributed by atoms with Crippen LogP contribution < -0.4 is 10.5 Å². The third kappa shape index (κ3) is 2.46. The number of fused-ring (bicyclic) bond motifs is 1. The number of nitrogens with one attached hydrogen (secondary N) is 1. The third-order valence-electron chi connectivity index (χ3n) is 4.99. The highest BCUT2D eigenvalue weighted by Gasteiger charge is 2.42. The van der Waals surface area contributed by atoms with Crippen molar-refractivity contribution >= 4 is 11.7 Å². The van der Waals surface area contributed by atoms with Gasteiger partial charge in [0.05, 0.1) is 0 Å². The lowest BCUT2D eigenvalue weighted by atomic mass is 10.0. The number of aryl methyl sites for hydroxylation is 1. The van der Waals surface area contributed by atoms with Crippen LogP contribution in [0.4, 0.5) is 5.82 Å². The van der Waals surface area contributed by atoms with Crippen LogP contribution in [0.3, 0.4) is 0 Å². The number of carbonyl (C=O) groups is 1. The summed E-state index contributed by atoms with van der Waals surface area (Å²) in [5.41, 5.74) is 0.972. The zero-order valence-electron chi connectivity index (χ0n) is 13.5. The molecule has 2 unspecified atom stereocenters. The predicted molar refractivity (Wildman–Crippen MR) is 88.9 cm³/mol. The first-order valence-electron chi connectivity index (χ1n) is 8.12. The molecule has 1 amide bonds. The Kier molecular flexibility index (Phi) is 3.55. The van der Waals surface area contributed by atoms with Crippen LogP contribution in [0.2, 0.25) is 0 Å². The van der Waals surface area contributed by atoms with Crippen LogP contribution in [0.1, 0.15) is 15.9 Å². The summed E-state index contributed by atoms with van der Waals surface area (Å²) < 4.78 is 0. The second-order valence-electron chi connectivity index (χ2n) is 6.58. The third-order valence-corrected chi connectivity index (χ3v) is 4.99. The minimum absolute atomic E-state index is 0.170. The van der Waals surface area contributed by atoms with E-state index in [2.05, 4.69) is 19.9 Å². The molecule has 124 valence electrons. The molecule has 0 aliphatic carbocycles. The van der Waals surface area contributed by atoms with E-state index < -0.39 is 0 Å². The van der Waals surface area contributed by atoms with Gasteiger partial charge in [-0.15, -0.1) is 0 Å². The van der Waals surface area contributed by atoms with Gasteiger partial charge in [0, 0.05) is 56.0 Å². The summed E-state index contributed by atoms with van der Waals surface area (Å²) in [6, 6.07) is 3.27. The van der Waals surface area contributed by atoms with Gasteiger partial charge in [-0.05, 0) is 19.1 Å². The highest BCUT2D eigenvalue weighted by atomic mass is 16.2. The molecule has 2 fully saturated rings. The molecule has 0 bridgehead atoms. The second kappa shape index (κ2) is 5.74.